The van der Waals surface area contributed by atoms with Crippen molar-refractivity contribution in [2.45, 2.75) is 6.92 Å². The number of Topliss-reactive ketones (excluding diaryl/α,β-unsaturated/α-hetero) is 1. The predicted molar refractivity (Wildman–Crippen MR) is 60.5 cm³/mol. The van der Waals surface area contributed by atoms with Crippen molar-refractivity contribution in [1.82, 2.24) is 0 Å². The van der Waals surface area contributed by atoms with E-state index in [1.54, 1.807) is 19.2 Å². The minimum absolute atomic E-state index is 0.00955. The maximum atomic E-state index is 11.4. The van der Waals surface area contributed by atoms with Gasteiger partial charge in [-0.05, 0) is 40.5 Å². The Morgan fingerprint density at radius 3 is 2.71 bits per heavy atom. The van der Waals surface area contributed by atoms with E-state index in [2.05, 4.69) is 15.9 Å². The first-order chi connectivity index (χ1) is 6.60. The first kappa shape index (κ1) is 11.5. The van der Waals surface area contributed by atoms with Crippen LogP contribution in [0, 0.1) is 6.92 Å². The molecule has 0 atom stereocenters. The van der Waals surface area contributed by atoms with Gasteiger partial charge in [0.05, 0.1) is 13.0 Å². The standard InChI is InChI=1S/C10H10BrClO2/c1-6-3-7(9(13)5-12)8(11)4-10(6)14-2/h3-4H,5H2,1-2H3. The van der Waals surface area contributed by atoms with Crippen LogP contribution in [0.2, 0.25) is 0 Å². The smallest absolute Gasteiger partial charge is 0.178 e. The van der Waals surface area contributed by atoms with E-state index in [4.69, 9.17) is 16.3 Å². The number of benzene rings is 1. The van der Waals surface area contributed by atoms with Gasteiger partial charge in [-0.1, -0.05) is 0 Å². The van der Waals surface area contributed by atoms with Crippen molar-refractivity contribution in [3.05, 3.63) is 27.7 Å². The molecule has 1 rings (SSSR count). The summed E-state index contributed by atoms with van der Waals surface area (Å²) in [7, 11) is 1.60. The lowest BCUT2D eigenvalue weighted by Gasteiger charge is -2.08. The SMILES string of the molecule is COc1cc(Br)c(C(=O)CCl)cc1C. The number of alkyl halides is 1. The van der Waals surface area contributed by atoms with Crippen molar-refractivity contribution in [3.8, 4) is 5.75 Å². The molecule has 0 spiro atoms. The Morgan fingerprint density at radius 2 is 2.21 bits per heavy atom. The third kappa shape index (κ3) is 2.28. The third-order valence-corrected chi connectivity index (χ3v) is 2.81. The van der Waals surface area contributed by atoms with Gasteiger partial charge in [0, 0.05) is 10.0 Å². The molecule has 2 nitrogen and oxygen atoms in total. The lowest BCUT2D eigenvalue weighted by atomic mass is 10.1. The molecular weight excluding hydrogens is 267 g/mol. The summed E-state index contributed by atoms with van der Waals surface area (Å²) in [6, 6.07) is 3.54. The quantitative estimate of drug-likeness (QED) is 0.626. The van der Waals surface area contributed by atoms with Gasteiger partial charge in [0.1, 0.15) is 5.75 Å². The fourth-order valence-corrected chi connectivity index (χ4v) is 1.86. The normalized spacial score (nSPS) is 10.0. The Bertz CT molecular complexity index is 363. The van der Waals surface area contributed by atoms with Crippen LogP contribution in [0.5, 0.6) is 5.75 Å². The average molecular weight is 278 g/mol. The van der Waals surface area contributed by atoms with E-state index in [1.165, 1.54) is 0 Å². The number of halogens is 2. The van der Waals surface area contributed by atoms with Gasteiger partial charge in [-0.3, -0.25) is 4.79 Å². The summed E-state index contributed by atoms with van der Waals surface area (Å²) >= 11 is 8.79. The maximum absolute atomic E-state index is 11.4. The largest absolute Gasteiger partial charge is 0.496 e. The molecule has 0 bridgehead atoms. The summed E-state index contributed by atoms with van der Waals surface area (Å²) in [5, 5.41) is 0. The van der Waals surface area contributed by atoms with Crippen LogP contribution in [0.25, 0.3) is 0 Å². The molecule has 4 heteroatoms. The molecule has 0 aliphatic rings. The molecule has 14 heavy (non-hydrogen) atoms. The number of carbonyl (C=O) groups is 1. The zero-order valence-electron chi connectivity index (χ0n) is 7.93. The molecule has 0 amide bonds. The zero-order valence-corrected chi connectivity index (χ0v) is 10.3. The molecule has 0 aromatic heterocycles. The zero-order chi connectivity index (χ0) is 10.7. The molecule has 1 aromatic rings. The number of ether oxygens (including phenoxy) is 1. The highest BCUT2D eigenvalue weighted by molar-refractivity contribution is 9.10. The van der Waals surface area contributed by atoms with E-state index in [1.807, 2.05) is 6.92 Å². The molecule has 0 unspecified atom stereocenters. The van der Waals surface area contributed by atoms with Crippen molar-refractivity contribution in [3.63, 3.8) is 0 Å². The van der Waals surface area contributed by atoms with Gasteiger partial charge in [0.2, 0.25) is 0 Å². The highest BCUT2D eigenvalue weighted by Gasteiger charge is 2.11. The van der Waals surface area contributed by atoms with E-state index in [0.29, 0.717) is 10.0 Å². The molecule has 0 radical (unpaired) electrons. The summed E-state index contributed by atoms with van der Waals surface area (Å²) in [5.41, 5.74) is 1.52. The van der Waals surface area contributed by atoms with Crippen LogP contribution in [0.15, 0.2) is 16.6 Å². The van der Waals surface area contributed by atoms with Crippen LogP contribution >= 0.6 is 27.5 Å². The van der Waals surface area contributed by atoms with Gasteiger partial charge in [-0.2, -0.15) is 0 Å². The maximum Gasteiger partial charge on any atom is 0.178 e. The minimum Gasteiger partial charge on any atom is -0.496 e. The molecule has 0 aliphatic carbocycles. The Labute approximate surface area is 96.3 Å². The second kappa shape index (κ2) is 4.80. The van der Waals surface area contributed by atoms with Crippen LogP contribution in [-0.2, 0) is 0 Å². The lowest BCUT2D eigenvalue weighted by molar-refractivity contribution is 0.102. The Balaban J connectivity index is 3.21. The number of ketones is 1. The van der Waals surface area contributed by atoms with Crippen LogP contribution in [0.1, 0.15) is 15.9 Å². The van der Waals surface area contributed by atoms with Crippen LogP contribution in [0.3, 0.4) is 0 Å². The van der Waals surface area contributed by atoms with Gasteiger partial charge in [-0.15, -0.1) is 11.6 Å². The highest BCUT2D eigenvalue weighted by Crippen LogP contribution is 2.27. The molecule has 0 aliphatic heterocycles. The van der Waals surface area contributed by atoms with Gasteiger partial charge >= 0.3 is 0 Å². The summed E-state index contributed by atoms with van der Waals surface area (Å²) in [4.78, 5) is 11.4. The first-order valence-electron chi connectivity index (χ1n) is 4.03. The van der Waals surface area contributed by atoms with Gasteiger partial charge in [0.25, 0.3) is 0 Å². The molecular formula is C10H10BrClO2. The molecule has 0 fully saturated rings. The number of methoxy groups -OCH3 is 1. The van der Waals surface area contributed by atoms with Gasteiger partial charge in [0.15, 0.2) is 5.78 Å². The Hall–Kier alpha value is -0.540. The fourth-order valence-electron chi connectivity index (χ4n) is 1.17. The molecule has 0 heterocycles. The van der Waals surface area contributed by atoms with E-state index in [9.17, 15) is 4.79 Å². The minimum atomic E-state index is -0.0932. The van der Waals surface area contributed by atoms with E-state index in [-0.39, 0.29) is 11.7 Å². The summed E-state index contributed by atoms with van der Waals surface area (Å²) in [6.07, 6.45) is 0. The van der Waals surface area contributed by atoms with Crippen molar-refractivity contribution in [2.24, 2.45) is 0 Å². The Morgan fingerprint density at radius 1 is 1.57 bits per heavy atom. The van der Waals surface area contributed by atoms with Crippen LogP contribution in [-0.4, -0.2) is 18.8 Å². The molecule has 0 N–H and O–H groups in total. The topological polar surface area (TPSA) is 26.3 Å². The van der Waals surface area contributed by atoms with Crippen LogP contribution < -0.4 is 4.74 Å². The average Bonchev–Trinajstić information content (AvgIpc) is 2.19. The van der Waals surface area contributed by atoms with Crippen molar-refractivity contribution < 1.29 is 9.53 Å². The molecule has 76 valence electrons. The van der Waals surface area contributed by atoms with E-state index < -0.39 is 0 Å². The summed E-state index contributed by atoms with van der Waals surface area (Å²) < 4.78 is 5.83. The lowest BCUT2D eigenvalue weighted by Crippen LogP contribution is -2.02. The number of carbonyl (C=O) groups excluding carboxylic acids is 1. The monoisotopic (exact) mass is 276 g/mol. The molecule has 1 aromatic carbocycles. The van der Waals surface area contributed by atoms with Crippen LogP contribution in [0.4, 0.5) is 0 Å². The van der Waals surface area contributed by atoms with E-state index >= 15 is 0 Å². The molecule has 0 saturated heterocycles. The third-order valence-electron chi connectivity index (χ3n) is 1.91. The number of hydrogen-bond acceptors (Lipinski definition) is 2. The van der Waals surface area contributed by atoms with Crippen molar-refractivity contribution >= 4 is 33.3 Å². The number of aryl methyl sites for hydroxylation is 1. The highest BCUT2D eigenvalue weighted by atomic mass is 79.9. The second-order valence-corrected chi connectivity index (χ2v) is 3.98. The summed E-state index contributed by atoms with van der Waals surface area (Å²) in [6.45, 7) is 1.89. The number of hydrogen-bond donors (Lipinski definition) is 0. The van der Waals surface area contributed by atoms with E-state index in [0.717, 1.165) is 11.3 Å². The number of rotatable bonds is 3. The summed E-state index contributed by atoms with van der Waals surface area (Å²) in [5.74, 6) is 0.650. The van der Waals surface area contributed by atoms with Gasteiger partial charge < -0.3 is 4.74 Å². The fraction of sp³-hybridized carbons (Fsp3) is 0.300. The van der Waals surface area contributed by atoms with Crippen molar-refractivity contribution in [2.75, 3.05) is 13.0 Å². The second-order valence-electron chi connectivity index (χ2n) is 2.86. The van der Waals surface area contributed by atoms with Crippen molar-refractivity contribution in [1.29, 1.82) is 0 Å². The van der Waals surface area contributed by atoms with Gasteiger partial charge in [-0.25, -0.2) is 0 Å². The molecule has 0 saturated carbocycles. The first-order valence-corrected chi connectivity index (χ1v) is 5.36. The Kier molecular flexibility index (Phi) is 3.96. The predicted octanol–water partition coefficient (Wildman–Crippen LogP) is 3.19.